The molecule has 1 aliphatic rings. The lowest BCUT2D eigenvalue weighted by Crippen LogP contribution is -2.40. The van der Waals surface area contributed by atoms with Gasteiger partial charge < -0.3 is 26.4 Å². The van der Waals surface area contributed by atoms with Crippen LogP contribution in [0.3, 0.4) is 0 Å². The van der Waals surface area contributed by atoms with E-state index < -0.39 is 6.10 Å². The molecule has 0 saturated carbocycles. The molecule has 1 aromatic heterocycles. The third-order valence-electron chi connectivity index (χ3n) is 4.83. The van der Waals surface area contributed by atoms with E-state index >= 15 is 0 Å². The van der Waals surface area contributed by atoms with Crippen LogP contribution in [-0.2, 0) is 11.2 Å². The number of benzene rings is 1. The molecular formula is C21H29FN6O2. The summed E-state index contributed by atoms with van der Waals surface area (Å²) in [6.45, 7) is 3.83. The van der Waals surface area contributed by atoms with E-state index in [9.17, 15) is 14.3 Å². The summed E-state index contributed by atoms with van der Waals surface area (Å²) in [5.41, 5.74) is 1.54. The second-order valence-electron chi connectivity index (χ2n) is 7.37. The molecule has 1 aliphatic heterocycles. The molecule has 1 aromatic carbocycles. The first-order valence-electron chi connectivity index (χ1n) is 10.4. The minimum Gasteiger partial charge on any atom is -0.392 e. The first-order chi connectivity index (χ1) is 14.5. The molecule has 0 radical (unpaired) electrons. The van der Waals surface area contributed by atoms with Gasteiger partial charge in [-0.2, -0.15) is 4.98 Å². The molecule has 1 saturated heterocycles. The Kier molecular flexibility index (Phi) is 7.92. The largest absolute Gasteiger partial charge is 0.392 e. The van der Waals surface area contributed by atoms with Gasteiger partial charge in [-0.15, -0.1) is 0 Å². The maximum absolute atomic E-state index is 13.4. The van der Waals surface area contributed by atoms with Gasteiger partial charge in [-0.05, 0) is 43.9 Å². The van der Waals surface area contributed by atoms with Crippen LogP contribution in [-0.4, -0.2) is 52.8 Å². The molecule has 5 N–H and O–H groups in total. The summed E-state index contributed by atoms with van der Waals surface area (Å²) in [6.07, 6.45) is 4.14. The monoisotopic (exact) mass is 416 g/mol. The number of carbonyl (C=O) groups excluding carboxylic acids is 1. The molecule has 8 nitrogen and oxygen atoms in total. The van der Waals surface area contributed by atoms with E-state index in [0.717, 1.165) is 30.8 Å². The summed E-state index contributed by atoms with van der Waals surface area (Å²) >= 11 is 0. The maximum atomic E-state index is 13.4. The SMILES string of the molecule is CCCNc1nc(Nc2cccc(F)c2)ncc1CCCNC(=O)[C@@H]1C[C@H](O)CN1. The van der Waals surface area contributed by atoms with Crippen molar-refractivity contribution in [3.05, 3.63) is 41.8 Å². The van der Waals surface area contributed by atoms with Crippen LogP contribution in [0.15, 0.2) is 30.5 Å². The number of hydrogen-bond donors (Lipinski definition) is 5. The number of halogens is 1. The minimum atomic E-state index is -0.454. The van der Waals surface area contributed by atoms with Crippen LogP contribution in [0.25, 0.3) is 0 Å². The summed E-state index contributed by atoms with van der Waals surface area (Å²) in [6, 6.07) is 5.82. The van der Waals surface area contributed by atoms with E-state index in [0.29, 0.717) is 37.6 Å². The molecule has 2 aromatic rings. The fourth-order valence-corrected chi connectivity index (χ4v) is 3.27. The average molecular weight is 417 g/mol. The number of aliphatic hydroxyl groups is 1. The van der Waals surface area contributed by atoms with Gasteiger partial charge in [-0.25, -0.2) is 9.37 Å². The zero-order valence-electron chi connectivity index (χ0n) is 17.1. The summed E-state index contributed by atoms with van der Waals surface area (Å²) in [5, 5.41) is 21.8. The van der Waals surface area contributed by atoms with Gasteiger partial charge in [-0.1, -0.05) is 13.0 Å². The summed E-state index contributed by atoms with van der Waals surface area (Å²) in [5.74, 6) is 0.715. The van der Waals surface area contributed by atoms with Crippen molar-refractivity contribution in [1.29, 1.82) is 0 Å². The Morgan fingerprint density at radius 2 is 2.23 bits per heavy atom. The van der Waals surface area contributed by atoms with E-state index in [-0.39, 0.29) is 17.8 Å². The number of aliphatic hydroxyl groups excluding tert-OH is 1. The number of hydrogen-bond acceptors (Lipinski definition) is 7. The van der Waals surface area contributed by atoms with Crippen LogP contribution in [0, 0.1) is 5.82 Å². The van der Waals surface area contributed by atoms with Gasteiger partial charge in [0.05, 0.1) is 12.1 Å². The minimum absolute atomic E-state index is 0.0817. The predicted molar refractivity (Wildman–Crippen MR) is 114 cm³/mol. The average Bonchev–Trinajstić information content (AvgIpc) is 3.17. The molecule has 1 amide bonds. The molecular weight excluding hydrogens is 387 g/mol. The summed E-state index contributed by atoms with van der Waals surface area (Å²) in [4.78, 5) is 21.0. The smallest absolute Gasteiger partial charge is 0.237 e. The zero-order valence-corrected chi connectivity index (χ0v) is 17.1. The van der Waals surface area contributed by atoms with Gasteiger partial charge in [0.25, 0.3) is 0 Å². The number of aryl methyl sites for hydroxylation is 1. The summed E-state index contributed by atoms with van der Waals surface area (Å²) < 4.78 is 13.4. The molecule has 30 heavy (non-hydrogen) atoms. The lowest BCUT2D eigenvalue weighted by molar-refractivity contribution is -0.122. The highest BCUT2D eigenvalue weighted by Crippen LogP contribution is 2.19. The molecule has 9 heteroatoms. The van der Waals surface area contributed by atoms with Crippen molar-refractivity contribution >= 4 is 23.4 Å². The highest BCUT2D eigenvalue weighted by Gasteiger charge is 2.27. The van der Waals surface area contributed by atoms with Crippen molar-refractivity contribution < 1.29 is 14.3 Å². The Balaban J connectivity index is 1.55. The number of nitrogens with zero attached hydrogens (tertiary/aromatic N) is 2. The van der Waals surface area contributed by atoms with Gasteiger partial charge in [-0.3, -0.25) is 4.79 Å². The van der Waals surface area contributed by atoms with Crippen LogP contribution in [0.1, 0.15) is 31.7 Å². The summed E-state index contributed by atoms with van der Waals surface area (Å²) in [7, 11) is 0. The van der Waals surface area contributed by atoms with Crippen LogP contribution >= 0.6 is 0 Å². The van der Waals surface area contributed by atoms with Gasteiger partial charge in [0.1, 0.15) is 11.6 Å². The Bertz CT molecular complexity index is 850. The Morgan fingerprint density at radius 1 is 1.37 bits per heavy atom. The highest BCUT2D eigenvalue weighted by atomic mass is 19.1. The molecule has 2 heterocycles. The fourth-order valence-electron chi connectivity index (χ4n) is 3.27. The molecule has 2 atom stereocenters. The first kappa shape index (κ1) is 21.9. The van der Waals surface area contributed by atoms with Crippen molar-refractivity contribution in [3.63, 3.8) is 0 Å². The van der Waals surface area contributed by atoms with Gasteiger partial charge in [0.15, 0.2) is 0 Å². The van der Waals surface area contributed by atoms with Crippen molar-refractivity contribution in [2.75, 3.05) is 30.3 Å². The number of aromatic nitrogens is 2. The quantitative estimate of drug-likeness (QED) is 0.377. The lowest BCUT2D eigenvalue weighted by Gasteiger charge is -2.14. The number of rotatable bonds is 10. The zero-order chi connectivity index (χ0) is 21.3. The highest BCUT2D eigenvalue weighted by molar-refractivity contribution is 5.82. The second kappa shape index (κ2) is 10.8. The van der Waals surface area contributed by atoms with Crippen LogP contribution < -0.4 is 21.3 Å². The predicted octanol–water partition coefficient (Wildman–Crippen LogP) is 1.95. The third kappa shape index (κ3) is 6.36. The van der Waals surface area contributed by atoms with E-state index in [4.69, 9.17) is 0 Å². The Labute approximate surface area is 175 Å². The van der Waals surface area contributed by atoms with Crippen molar-refractivity contribution in [1.82, 2.24) is 20.6 Å². The van der Waals surface area contributed by atoms with Crippen molar-refractivity contribution in [2.24, 2.45) is 0 Å². The van der Waals surface area contributed by atoms with Crippen LogP contribution in [0.2, 0.25) is 0 Å². The standard InChI is InChI=1S/C21H29FN6O2/c1-2-8-23-19-14(5-4-9-24-20(30)18-11-17(29)13-25-18)12-26-21(28-19)27-16-7-3-6-15(22)10-16/h3,6-7,10,12,17-18,25,29H,2,4-5,8-9,11,13H2,1H3,(H,24,30)(H2,23,26,27,28)/t17-,18-/m0/s1. The van der Waals surface area contributed by atoms with E-state index in [1.54, 1.807) is 18.3 Å². The van der Waals surface area contributed by atoms with E-state index in [2.05, 4.69) is 38.2 Å². The van der Waals surface area contributed by atoms with Gasteiger partial charge >= 0.3 is 0 Å². The maximum Gasteiger partial charge on any atom is 0.237 e. The Morgan fingerprint density at radius 3 is 2.97 bits per heavy atom. The van der Waals surface area contributed by atoms with Crippen LogP contribution in [0.4, 0.5) is 21.8 Å². The molecule has 3 rings (SSSR count). The topological polar surface area (TPSA) is 111 Å². The first-order valence-corrected chi connectivity index (χ1v) is 10.4. The third-order valence-corrected chi connectivity index (χ3v) is 4.83. The number of β-amino-alcohol motifs (C(OH)–C–C–N with tert-alkyl or cyclic N) is 1. The van der Waals surface area contributed by atoms with Crippen LogP contribution in [0.5, 0.6) is 0 Å². The fraction of sp³-hybridized carbons (Fsp3) is 0.476. The molecule has 0 spiro atoms. The van der Waals surface area contributed by atoms with Gasteiger partial charge in [0, 0.05) is 37.1 Å². The lowest BCUT2D eigenvalue weighted by atomic mass is 10.1. The molecule has 0 bridgehead atoms. The van der Waals surface area contributed by atoms with Crippen molar-refractivity contribution in [3.8, 4) is 0 Å². The molecule has 162 valence electrons. The molecule has 0 unspecified atom stereocenters. The molecule has 0 aliphatic carbocycles. The number of anilines is 3. The number of amides is 1. The van der Waals surface area contributed by atoms with E-state index in [1.165, 1.54) is 12.1 Å². The number of nitrogens with one attached hydrogen (secondary N) is 4. The normalized spacial score (nSPS) is 18.2. The van der Waals surface area contributed by atoms with E-state index in [1.807, 2.05) is 0 Å². The Hall–Kier alpha value is -2.78. The van der Waals surface area contributed by atoms with Gasteiger partial charge in [0.2, 0.25) is 11.9 Å². The number of carbonyl (C=O) groups is 1. The molecule has 1 fully saturated rings. The van der Waals surface area contributed by atoms with Crippen molar-refractivity contribution in [2.45, 2.75) is 44.8 Å². The second-order valence-corrected chi connectivity index (χ2v) is 7.37.